The minimum absolute atomic E-state index is 0.00846. The van der Waals surface area contributed by atoms with Gasteiger partial charge >= 0.3 is 0 Å². The largest absolute Gasteiger partial charge is 0.376 e. The molecule has 3 rings (SSSR count). The van der Waals surface area contributed by atoms with Crippen molar-refractivity contribution in [3.63, 3.8) is 0 Å². The fraction of sp³-hybridized carbons (Fsp3) is 0.667. The van der Waals surface area contributed by atoms with E-state index in [1.54, 1.807) is 11.0 Å². The second-order valence-corrected chi connectivity index (χ2v) is 13.0. The molecule has 1 amide bonds. The van der Waals surface area contributed by atoms with Crippen LogP contribution >= 0.6 is 11.8 Å². The van der Waals surface area contributed by atoms with Gasteiger partial charge in [-0.05, 0) is 31.4 Å². The summed E-state index contributed by atoms with van der Waals surface area (Å²) in [4.78, 5) is 18.8. The highest BCUT2D eigenvalue weighted by Gasteiger charge is 2.36. The van der Waals surface area contributed by atoms with Crippen LogP contribution in [0, 0.1) is 0 Å². The van der Waals surface area contributed by atoms with Crippen molar-refractivity contribution >= 4 is 37.5 Å². The van der Waals surface area contributed by atoms with Crippen LogP contribution < -0.4 is 0 Å². The molecule has 1 aromatic rings. The highest BCUT2D eigenvalue weighted by Crippen LogP contribution is 2.24. The lowest BCUT2D eigenvalue weighted by Crippen LogP contribution is -2.46. The van der Waals surface area contributed by atoms with Gasteiger partial charge < -0.3 is 9.64 Å². The first-order chi connectivity index (χ1) is 14.1. The Kier molecular flexibility index (Phi) is 7.44. The number of sulfone groups is 1. The Morgan fingerprint density at radius 1 is 1.30 bits per heavy atom. The smallest absolute Gasteiger partial charge is 0.244 e. The summed E-state index contributed by atoms with van der Waals surface area (Å²) in [7, 11) is -3.78. The second-order valence-electron chi connectivity index (χ2n) is 7.65. The highest BCUT2D eigenvalue weighted by atomic mass is 32.2. The number of pyridine rings is 1. The summed E-state index contributed by atoms with van der Waals surface area (Å²) in [6.07, 6.45) is 3.46. The molecule has 0 aromatic carbocycles. The van der Waals surface area contributed by atoms with Crippen molar-refractivity contribution in [3.05, 3.63) is 18.3 Å². The van der Waals surface area contributed by atoms with Crippen LogP contribution in [0.2, 0.25) is 0 Å². The molecule has 2 saturated heterocycles. The zero-order valence-corrected chi connectivity index (χ0v) is 19.5. The van der Waals surface area contributed by atoms with E-state index in [1.807, 2.05) is 0 Å². The molecule has 3 heterocycles. The zero-order chi connectivity index (χ0) is 21.9. The zero-order valence-electron chi connectivity index (χ0n) is 17.1. The van der Waals surface area contributed by atoms with Gasteiger partial charge in [-0.25, -0.2) is 26.1 Å². The first-order valence-corrected chi connectivity index (χ1v) is 14.0. The number of amides is 1. The molecule has 0 saturated carbocycles. The summed E-state index contributed by atoms with van der Waals surface area (Å²) in [5.41, 5.74) is 0. The lowest BCUT2D eigenvalue weighted by atomic mass is 10.1. The summed E-state index contributed by atoms with van der Waals surface area (Å²) in [6.45, 7) is 1.06. The molecule has 2 aliphatic rings. The van der Waals surface area contributed by atoms with Gasteiger partial charge in [-0.1, -0.05) is 11.8 Å². The Hall–Kier alpha value is -1.21. The van der Waals surface area contributed by atoms with E-state index in [1.165, 1.54) is 38.1 Å². The summed E-state index contributed by atoms with van der Waals surface area (Å²) in [6, 6.07) is 2.70. The fourth-order valence-corrected chi connectivity index (χ4v) is 6.82. The van der Waals surface area contributed by atoms with Crippen LogP contribution in [0.4, 0.5) is 0 Å². The van der Waals surface area contributed by atoms with Crippen LogP contribution in [-0.2, 0) is 29.4 Å². The van der Waals surface area contributed by atoms with E-state index in [-0.39, 0.29) is 40.2 Å². The third-order valence-electron chi connectivity index (χ3n) is 5.23. The molecule has 0 spiro atoms. The van der Waals surface area contributed by atoms with Crippen molar-refractivity contribution in [2.24, 2.45) is 0 Å². The molecule has 0 unspecified atom stereocenters. The number of hydrogen-bond donors (Lipinski definition) is 0. The predicted molar refractivity (Wildman–Crippen MR) is 114 cm³/mol. The monoisotopic (exact) mass is 477 g/mol. The number of carbonyl (C=O) groups is 1. The number of sulfonamides is 1. The van der Waals surface area contributed by atoms with E-state index in [0.717, 1.165) is 17.1 Å². The van der Waals surface area contributed by atoms with Crippen LogP contribution in [0.5, 0.6) is 0 Å². The molecule has 0 bridgehead atoms. The third-order valence-corrected chi connectivity index (χ3v) is 9.70. The first kappa shape index (κ1) is 23.5. The predicted octanol–water partition coefficient (Wildman–Crippen LogP) is 0.619. The van der Waals surface area contributed by atoms with Gasteiger partial charge in [-0.3, -0.25) is 4.79 Å². The lowest BCUT2D eigenvalue weighted by molar-refractivity contribution is -0.131. The van der Waals surface area contributed by atoms with E-state index in [9.17, 15) is 21.6 Å². The molecule has 0 N–H and O–H groups in total. The van der Waals surface area contributed by atoms with Crippen molar-refractivity contribution in [2.75, 3.05) is 44.5 Å². The first-order valence-electron chi connectivity index (χ1n) is 9.71. The van der Waals surface area contributed by atoms with Gasteiger partial charge in [0.05, 0.1) is 28.4 Å². The average Bonchev–Trinajstić information content (AvgIpc) is 3.33. The number of nitrogens with zero attached hydrogens (tertiary/aromatic N) is 3. The maximum absolute atomic E-state index is 12.9. The van der Waals surface area contributed by atoms with Crippen LogP contribution in [0.3, 0.4) is 0 Å². The summed E-state index contributed by atoms with van der Waals surface area (Å²) in [5.74, 6) is 0.0229. The van der Waals surface area contributed by atoms with Crippen molar-refractivity contribution in [3.8, 4) is 0 Å². The van der Waals surface area contributed by atoms with Gasteiger partial charge in [0, 0.05) is 39.5 Å². The number of ether oxygens (including phenoxy) is 1. The molecular weight excluding hydrogens is 450 g/mol. The van der Waals surface area contributed by atoms with Crippen molar-refractivity contribution in [1.29, 1.82) is 0 Å². The van der Waals surface area contributed by atoms with Gasteiger partial charge in [-0.15, -0.1) is 0 Å². The number of rotatable bonds is 8. The molecule has 2 atom stereocenters. The van der Waals surface area contributed by atoms with E-state index in [0.29, 0.717) is 24.6 Å². The lowest BCUT2D eigenvalue weighted by Gasteiger charge is -2.30. The number of carbonyl (C=O) groups excluding carboxylic acids is 1. The minimum Gasteiger partial charge on any atom is -0.376 e. The van der Waals surface area contributed by atoms with Crippen molar-refractivity contribution in [1.82, 2.24) is 14.2 Å². The SMILES string of the molecule is CN(C)S(=O)(=O)c1ccc(SCC(=O)N(C[C@@H]2CCCO2)[C@H]2CCS(=O)(=O)C2)nc1. The second kappa shape index (κ2) is 9.51. The Morgan fingerprint density at radius 3 is 2.60 bits per heavy atom. The molecule has 2 aliphatic heterocycles. The van der Waals surface area contributed by atoms with Gasteiger partial charge in [0.1, 0.15) is 4.90 Å². The molecule has 2 fully saturated rings. The Morgan fingerprint density at radius 2 is 2.07 bits per heavy atom. The minimum atomic E-state index is -3.56. The number of thioether (sulfide) groups is 1. The van der Waals surface area contributed by atoms with Crippen molar-refractivity contribution < 1.29 is 26.4 Å². The van der Waals surface area contributed by atoms with Crippen LogP contribution in [-0.4, -0.2) is 93.6 Å². The topological polar surface area (TPSA) is 114 Å². The van der Waals surface area contributed by atoms with Crippen LogP contribution in [0.15, 0.2) is 28.3 Å². The Balaban J connectivity index is 1.65. The highest BCUT2D eigenvalue weighted by molar-refractivity contribution is 7.99. The molecule has 12 heteroatoms. The quantitative estimate of drug-likeness (QED) is 0.501. The maximum atomic E-state index is 12.9. The normalized spacial score (nSPS) is 23.7. The Bertz CT molecular complexity index is 957. The average molecular weight is 478 g/mol. The van der Waals surface area contributed by atoms with Gasteiger partial charge in [0.15, 0.2) is 9.84 Å². The van der Waals surface area contributed by atoms with E-state index in [4.69, 9.17) is 4.74 Å². The number of hydrogen-bond acceptors (Lipinski definition) is 8. The van der Waals surface area contributed by atoms with Gasteiger partial charge in [0.25, 0.3) is 0 Å². The molecule has 0 radical (unpaired) electrons. The molecule has 1 aromatic heterocycles. The molecule has 30 heavy (non-hydrogen) atoms. The summed E-state index contributed by atoms with van der Waals surface area (Å²) < 4.78 is 54.8. The fourth-order valence-electron chi connectivity index (χ4n) is 3.52. The van der Waals surface area contributed by atoms with E-state index < -0.39 is 19.9 Å². The summed E-state index contributed by atoms with van der Waals surface area (Å²) >= 11 is 1.20. The maximum Gasteiger partial charge on any atom is 0.244 e. The summed E-state index contributed by atoms with van der Waals surface area (Å²) in [5, 5.41) is 0.525. The van der Waals surface area contributed by atoms with Gasteiger partial charge in [-0.2, -0.15) is 0 Å². The molecule has 168 valence electrons. The third kappa shape index (κ3) is 5.72. The van der Waals surface area contributed by atoms with E-state index >= 15 is 0 Å². The van der Waals surface area contributed by atoms with Crippen LogP contribution in [0.1, 0.15) is 19.3 Å². The molecular formula is C18H27N3O6S3. The standard InChI is InChI=1S/C18H27N3O6S3/c1-20(2)30(25,26)16-5-6-17(19-10-16)28-12-18(22)21(11-15-4-3-8-27-15)14-7-9-29(23,24)13-14/h5-6,10,14-15H,3-4,7-9,11-13H2,1-2H3/t14-,15-/m0/s1. The number of aromatic nitrogens is 1. The van der Waals surface area contributed by atoms with E-state index in [2.05, 4.69) is 4.98 Å². The van der Waals surface area contributed by atoms with Crippen LogP contribution in [0.25, 0.3) is 0 Å². The van der Waals surface area contributed by atoms with Crippen molar-refractivity contribution in [2.45, 2.75) is 41.3 Å². The Labute approximate surface area is 182 Å². The van der Waals surface area contributed by atoms with Gasteiger partial charge in [0.2, 0.25) is 15.9 Å². The molecule has 0 aliphatic carbocycles. The molecule has 9 nitrogen and oxygen atoms in total.